The number of hydrogen-bond donors (Lipinski definition) is 1. The fourth-order valence-corrected chi connectivity index (χ4v) is 2.15. The molecule has 0 bridgehead atoms. The van der Waals surface area contributed by atoms with E-state index in [2.05, 4.69) is 4.98 Å². The van der Waals surface area contributed by atoms with E-state index in [1.807, 2.05) is 11.6 Å². The van der Waals surface area contributed by atoms with Gasteiger partial charge in [-0.25, -0.2) is 4.98 Å². The summed E-state index contributed by atoms with van der Waals surface area (Å²) in [5.74, 6) is 0.875. The van der Waals surface area contributed by atoms with Crippen molar-refractivity contribution in [2.24, 2.45) is 12.8 Å². The smallest absolute Gasteiger partial charge is 0.135 e. The number of hydrogen-bond acceptors (Lipinski definition) is 3. The first-order valence-electron chi connectivity index (χ1n) is 5.70. The van der Waals surface area contributed by atoms with Crippen LogP contribution < -0.4 is 5.73 Å². The Morgan fingerprint density at radius 2 is 2.19 bits per heavy atom. The fraction of sp³-hybridized carbons (Fsp3) is 0.727. The lowest BCUT2D eigenvalue weighted by Crippen LogP contribution is -2.30. The molecule has 0 saturated heterocycles. The van der Waals surface area contributed by atoms with Crippen molar-refractivity contribution in [1.82, 2.24) is 9.55 Å². The number of halogens is 1. The van der Waals surface area contributed by atoms with E-state index >= 15 is 0 Å². The zero-order valence-electron chi connectivity index (χ0n) is 9.53. The van der Waals surface area contributed by atoms with Crippen molar-refractivity contribution < 1.29 is 4.74 Å². The number of nitrogens with two attached hydrogens (primary N) is 1. The Hall–Kier alpha value is -0.580. The van der Waals surface area contributed by atoms with Crippen LogP contribution in [0.25, 0.3) is 0 Å². The summed E-state index contributed by atoms with van der Waals surface area (Å²) in [5, 5.41) is 0.643. The minimum atomic E-state index is 0.329. The van der Waals surface area contributed by atoms with Crippen LogP contribution in [0.2, 0.25) is 5.15 Å². The number of ether oxygens (including phenoxy) is 1. The van der Waals surface area contributed by atoms with Gasteiger partial charge < -0.3 is 15.0 Å². The van der Waals surface area contributed by atoms with Crippen LogP contribution in [-0.4, -0.2) is 21.7 Å². The van der Waals surface area contributed by atoms with E-state index in [1.54, 1.807) is 6.20 Å². The summed E-state index contributed by atoms with van der Waals surface area (Å²) < 4.78 is 7.66. The molecule has 0 aromatic carbocycles. The molecule has 1 saturated carbocycles. The molecule has 1 aromatic heterocycles. The quantitative estimate of drug-likeness (QED) is 0.882. The van der Waals surface area contributed by atoms with Gasteiger partial charge in [0.05, 0.1) is 12.3 Å². The van der Waals surface area contributed by atoms with Gasteiger partial charge in [0.25, 0.3) is 0 Å². The van der Waals surface area contributed by atoms with E-state index in [1.165, 1.54) is 0 Å². The highest BCUT2D eigenvalue weighted by atomic mass is 35.5. The van der Waals surface area contributed by atoms with Crippen LogP contribution in [0.4, 0.5) is 0 Å². The Kier molecular flexibility index (Phi) is 3.84. The Bertz CT molecular complexity index is 345. The third-order valence-corrected chi connectivity index (χ3v) is 3.55. The molecule has 1 aliphatic rings. The molecule has 1 heterocycles. The van der Waals surface area contributed by atoms with Crippen LogP contribution >= 0.6 is 11.6 Å². The first-order valence-corrected chi connectivity index (χ1v) is 6.08. The summed E-state index contributed by atoms with van der Waals surface area (Å²) in [5.41, 5.74) is 5.84. The van der Waals surface area contributed by atoms with Crippen molar-refractivity contribution in [3.05, 3.63) is 17.2 Å². The Morgan fingerprint density at radius 1 is 1.50 bits per heavy atom. The number of aromatic nitrogens is 2. The average molecular weight is 244 g/mol. The second kappa shape index (κ2) is 5.17. The molecule has 0 amide bonds. The van der Waals surface area contributed by atoms with Gasteiger partial charge >= 0.3 is 0 Å². The number of imidazole rings is 1. The van der Waals surface area contributed by atoms with E-state index in [0.29, 0.717) is 23.9 Å². The van der Waals surface area contributed by atoms with Crippen LogP contribution in [0, 0.1) is 0 Å². The molecular formula is C11H18ClN3O. The van der Waals surface area contributed by atoms with Gasteiger partial charge in [0.15, 0.2) is 0 Å². The third-order valence-electron chi connectivity index (χ3n) is 3.19. The molecule has 90 valence electrons. The van der Waals surface area contributed by atoms with Crippen molar-refractivity contribution in [3.63, 3.8) is 0 Å². The third kappa shape index (κ3) is 2.75. The first-order chi connectivity index (χ1) is 7.66. The van der Waals surface area contributed by atoms with Gasteiger partial charge in [0, 0.05) is 13.1 Å². The summed E-state index contributed by atoms with van der Waals surface area (Å²) >= 11 is 5.90. The van der Waals surface area contributed by atoms with E-state index in [0.717, 1.165) is 31.5 Å². The lowest BCUT2D eigenvalue weighted by atomic mass is 9.94. The summed E-state index contributed by atoms with van der Waals surface area (Å²) in [7, 11) is 1.89. The molecular weight excluding hydrogens is 226 g/mol. The lowest BCUT2D eigenvalue weighted by Gasteiger charge is -2.25. The van der Waals surface area contributed by atoms with Crippen molar-refractivity contribution in [2.45, 2.75) is 44.4 Å². The van der Waals surface area contributed by atoms with Crippen molar-refractivity contribution in [3.8, 4) is 0 Å². The van der Waals surface area contributed by atoms with Gasteiger partial charge in [0.1, 0.15) is 17.6 Å². The van der Waals surface area contributed by atoms with Gasteiger partial charge in [-0.3, -0.25) is 0 Å². The van der Waals surface area contributed by atoms with Crippen molar-refractivity contribution in [2.75, 3.05) is 0 Å². The maximum absolute atomic E-state index is 5.90. The molecule has 0 radical (unpaired) electrons. The molecule has 0 spiro atoms. The Morgan fingerprint density at radius 3 is 2.75 bits per heavy atom. The van der Waals surface area contributed by atoms with Gasteiger partial charge in [-0.2, -0.15) is 0 Å². The van der Waals surface area contributed by atoms with Crippen LogP contribution in [0.15, 0.2) is 6.20 Å². The Balaban J connectivity index is 1.81. The number of rotatable bonds is 3. The fourth-order valence-electron chi connectivity index (χ4n) is 2.01. The highest BCUT2D eigenvalue weighted by molar-refractivity contribution is 6.29. The largest absolute Gasteiger partial charge is 0.370 e. The van der Waals surface area contributed by atoms with Crippen LogP contribution in [0.1, 0.15) is 31.5 Å². The Labute approximate surface area is 101 Å². The zero-order valence-corrected chi connectivity index (χ0v) is 10.3. The van der Waals surface area contributed by atoms with Gasteiger partial charge in [-0.1, -0.05) is 11.6 Å². The molecule has 2 N–H and O–H groups in total. The highest BCUT2D eigenvalue weighted by Gasteiger charge is 2.19. The van der Waals surface area contributed by atoms with Crippen molar-refractivity contribution >= 4 is 11.6 Å². The van der Waals surface area contributed by atoms with Gasteiger partial charge in [0.2, 0.25) is 0 Å². The molecule has 2 rings (SSSR count). The monoisotopic (exact) mass is 243 g/mol. The van der Waals surface area contributed by atoms with Crippen LogP contribution in [0.3, 0.4) is 0 Å². The van der Waals surface area contributed by atoms with E-state index < -0.39 is 0 Å². The topological polar surface area (TPSA) is 53.1 Å². The van der Waals surface area contributed by atoms with Gasteiger partial charge in [-0.15, -0.1) is 0 Å². The predicted octanol–water partition coefficient (Wildman–Crippen LogP) is 1.86. The predicted molar refractivity (Wildman–Crippen MR) is 63.2 cm³/mol. The normalized spacial score (nSPS) is 25.9. The summed E-state index contributed by atoms with van der Waals surface area (Å²) in [6, 6.07) is 0.363. The molecule has 0 aliphatic heterocycles. The number of nitrogens with zero attached hydrogens (tertiary/aromatic N) is 2. The molecule has 0 atom stereocenters. The maximum Gasteiger partial charge on any atom is 0.135 e. The van der Waals surface area contributed by atoms with E-state index in [9.17, 15) is 0 Å². The second-order valence-electron chi connectivity index (χ2n) is 4.40. The van der Waals surface area contributed by atoms with Crippen LogP contribution in [0.5, 0.6) is 0 Å². The maximum atomic E-state index is 5.90. The minimum absolute atomic E-state index is 0.329. The summed E-state index contributed by atoms with van der Waals surface area (Å²) in [4.78, 5) is 4.20. The molecule has 16 heavy (non-hydrogen) atoms. The van der Waals surface area contributed by atoms with E-state index in [4.69, 9.17) is 22.1 Å². The van der Waals surface area contributed by atoms with E-state index in [-0.39, 0.29) is 0 Å². The standard InChI is InChI=1S/C11H18ClN3O/c1-15-10(12)6-14-11(15)7-16-9-4-2-8(13)3-5-9/h6,8-9H,2-5,7,13H2,1H3. The molecule has 4 nitrogen and oxygen atoms in total. The zero-order chi connectivity index (χ0) is 11.5. The molecule has 5 heteroatoms. The molecule has 1 aromatic rings. The lowest BCUT2D eigenvalue weighted by molar-refractivity contribution is 0.00963. The molecule has 0 unspecified atom stereocenters. The SMILES string of the molecule is Cn1c(Cl)cnc1COC1CCC(N)CC1. The second-order valence-corrected chi connectivity index (χ2v) is 4.79. The average Bonchev–Trinajstić information content (AvgIpc) is 2.60. The first kappa shape index (κ1) is 11.9. The summed E-state index contributed by atoms with van der Waals surface area (Å²) in [6.07, 6.45) is 6.21. The van der Waals surface area contributed by atoms with Gasteiger partial charge in [-0.05, 0) is 25.7 Å². The van der Waals surface area contributed by atoms with Crippen LogP contribution in [-0.2, 0) is 18.4 Å². The molecule has 1 aliphatic carbocycles. The minimum Gasteiger partial charge on any atom is -0.370 e. The molecule has 1 fully saturated rings. The van der Waals surface area contributed by atoms with Crippen molar-refractivity contribution in [1.29, 1.82) is 0 Å². The highest BCUT2D eigenvalue weighted by Crippen LogP contribution is 2.21. The summed E-state index contributed by atoms with van der Waals surface area (Å²) in [6.45, 7) is 0.531.